The number of likely N-dealkylation sites (tertiary alicyclic amines) is 1. The van der Waals surface area contributed by atoms with Crippen molar-refractivity contribution >= 4 is 17.0 Å². The third-order valence-corrected chi connectivity index (χ3v) is 4.73. The monoisotopic (exact) mass is 272 g/mol. The normalized spacial score (nSPS) is 19.6. The number of anilines is 1. The molecule has 3 rings (SSSR count). The topological polar surface area (TPSA) is 47.1 Å². The molecule has 0 amide bonds. The molecule has 1 aliphatic heterocycles. The van der Waals surface area contributed by atoms with Gasteiger partial charge >= 0.3 is 0 Å². The fourth-order valence-electron chi connectivity index (χ4n) is 3.24. The standard InChI is InChI=1S/C16H24N4/c1-12-5-4-6-13-14(12)20(15(17)18-13)11-16(2)7-9-19(3)10-8-16/h4-6H,7-11H2,1-3H3,(H2,17,18). The summed E-state index contributed by atoms with van der Waals surface area (Å²) in [5, 5.41) is 0. The molecule has 20 heavy (non-hydrogen) atoms. The van der Waals surface area contributed by atoms with Crippen LogP contribution in [0.15, 0.2) is 18.2 Å². The highest BCUT2D eigenvalue weighted by molar-refractivity contribution is 5.81. The molecule has 0 aliphatic carbocycles. The number of piperidine rings is 1. The van der Waals surface area contributed by atoms with Crippen LogP contribution >= 0.6 is 0 Å². The Morgan fingerprint density at radius 1 is 1.30 bits per heavy atom. The molecular formula is C16H24N4. The van der Waals surface area contributed by atoms with Crippen LogP contribution < -0.4 is 5.73 Å². The van der Waals surface area contributed by atoms with Gasteiger partial charge in [0.2, 0.25) is 5.95 Å². The summed E-state index contributed by atoms with van der Waals surface area (Å²) in [7, 11) is 2.20. The van der Waals surface area contributed by atoms with Crippen LogP contribution in [0.4, 0.5) is 5.95 Å². The van der Waals surface area contributed by atoms with Gasteiger partial charge in [-0.2, -0.15) is 0 Å². The van der Waals surface area contributed by atoms with Crippen molar-refractivity contribution in [2.24, 2.45) is 5.41 Å². The Bertz CT molecular complexity index is 621. The Labute approximate surface area is 120 Å². The molecule has 0 radical (unpaired) electrons. The third kappa shape index (κ3) is 2.29. The summed E-state index contributed by atoms with van der Waals surface area (Å²) >= 11 is 0. The quantitative estimate of drug-likeness (QED) is 0.914. The maximum atomic E-state index is 6.17. The second kappa shape index (κ2) is 4.77. The summed E-state index contributed by atoms with van der Waals surface area (Å²) in [6.45, 7) is 7.82. The van der Waals surface area contributed by atoms with Gasteiger partial charge in [-0.1, -0.05) is 19.1 Å². The van der Waals surface area contributed by atoms with E-state index in [1.165, 1.54) is 37.0 Å². The number of aryl methyl sites for hydroxylation is 1. The number of imidazole rings is 1. The average Bonchev–Trinajstić information content (AvgIpc) is 2.71. The summed E-state index contributed by atoms with van der Waals surface area (Å²) in [4.78, 5) is 6.92. The predicted octanol–water partition coefficient (Wildman–Crippen LogP) is 2.66. The fourth-order valence-corrected chi connectivity index (χ4v) is 3.24. The van der Waals surface area contributed by atoms with E-state index in [2.05, 4.69) is 41.4 Å². The van der Waals surface area contributed by atoms with Gasteiger partial charge in [0.05, 0.1) is 11.0 Å². The second-order valence-electron chi connectivity index (χ2n) is 6.61. The lowest BCUT2D eigenvalue weighted by Crippen LogP contribution is -2.38. The molecule has 0 atom stereocenters. The van der Waals surface area contributed by atoms with E-state index < -0.39 is 0 Å². The molecule has 1 aromatic heterocycles. The molecule has 2 heterocycles. The van der Waals surface area contributed by atoms with Crippen LogP contribution in [0.2, 0.25) is 0 Å². The highest BCUT2D eigenvalue weighted by Gasteiger charge is 2.30. The van der Waals surface area contributed by atoms with Crippen LogP contribution in [0, 0.1) is 12.3 Å². The van der Waals surface area contributed by atoms with Crippen molar-refractivity contribution in [2.75, 3.05) is 25.9 Å². The van der Waals surface area contributed by atoms with E-state index in [0.29, 0.717) is 11.4 Å². The molecule has 0 unspecified atom stereocenters. The van der Waals surface area contributed by atoms with Crippen molar-refractivity contribution in [1.29, 1.82) is 0 Å². The Balaban J connectivity index is 1.96. The number of rotatable bonds is 2. The molecule has 1 aliphatic rings. The molecule has 1 saturated heterocycles. The number of benzene rings is 1. The predicted molar refractivity (Wildman–Crippen MR) is 83.7 cm³/mol. The molecule has 108 valence electrons. The lowest BCUT2D eigenvalue weighted by Gasteiger charge is -2.38. The number of para-hydroxylation sites is 1. The van der Waals surface area contributed by atoms with Crippen LogP contribution in [0.5, 0.6) is 0 Å². The van der Waals surface area contributed by atoms with Crippen molar-refractivity contribution in [3.05, 3.63) is 23.8 Å². The molecule has 1 aromatic carbocycles. The number of hydrogen-bond donors (Lipinski definition) is 1. The molecule has 0 spiro atoms. The van der Waals surface area contributed by atoms with Crippen molar-refractivity contribution in [3.8, 4) is 0 Å². The molecule has 1 fully saturated rings. The Kier molecular flexibility index (Phi) is 3.21. The first-order chi connectivity index (χ1) is 9.48. The molecule has 0 saturated carbocycles. The van der Waals surface area contributed by atoms with Crippen LogP contribution in [0.25, 0.3) is 11.0 Å². The number of nitrogens with two attached hydrogens (primary N) is 1. The van der Waals surface area contributed by atoms with Gasteiger partial charge in [-0.15, -0.1) is 0 Å². The zero-order chi connectivity index (χ0) is 14.3. The van der Waals surface area contributed by atoms with Gasteiger partial charge in [0.25, 0.3) is 0 Å². The number of nitrogen functional groups attached to an aromatic ring is 1. The number of nitrogens with zero attached hydrogens (tertiary/aromatic N) is 3. The number of fused-ring (bicyclic) bond motifs is 1. The second-order valence-corrected chi connectivity index (χ2v) is 6.61. The summed E-state index contributed by atoms with van der Waals surface area (Å²) in [6, 6.07) is 6.23. The van der Waals surface area contributed by atoms with Gasteiger partial charge in [-0.05, 0) is 56.9 Å². The zero-order valence-electron chi connectivity index (χ0n) is 12.7. The first kappa shape index (κ1) is 13.4. The Hall–Kier alpha value is -1.55. The third-order valence-electron chi connectivity index (χ3n) is 4.73. The van der Waals surface area contributed by atoms with E-state index in [-0.39, 0.29) is 0 Å². The molecule has 0 bridgehead atoms. The maximum Gasteiger partial charge on any atom is 0.201 e. The maximum absolute atomic E-state index is 6.17. The van der Waals surface area contributed by atoms with Crippen molar-refractivity contribution < 1.29 is 0 Å². The molecule has 4 nitrogen and oxygen atoms in total. The van der Waals surface area contributed by atoms with E-state index >= 15 is 0 Å². The van der Waals surface area contributed by atoms with E-state index in [9.17, 15) is 0 Å². The van der Waals surface area contributed by atoms with Crippen LogP contribution in [0.3, 0.4) is 0 Å². The average molecular weight is 272 g/mol. The van der Waals surface area contributed by atoms with Gasteiger partial charge in [0.1, 0.15) is 0 Å². The first-order valence-electron chi connectivity index (χ1n) is 7.38. The first-order valence-corrected chi connectivity index (χ1v) is 7.38. The number of aromatic nitrogens is 2. The largest absolute Gasteiger partial charge is 0.369 e. The Morgan fingerprint density at radius 3 is 2.70 bits per heavy atom. The highest BCUT2D eigenvalue weighted by atomic mass is 15.2. The minimum absolute atomic E-state index is 0.316. The molecule has 4 heteroatoms. The zero-order valence-corrected chi connectivity index (χ0v) is 12.7. The summed E-state index contributed by atoms with van der Waals surface area (Å²) in [5.74, 6) is 0.648. The highest BCUT2D eigenvalue weighted by Crippen LogP contribution is 2.34. The molecular weight excluding hydrogens is 248 g/mol. The summed E-state index contributed by atoms with van der Waals surface area (Å²) in [5.41, 5.74) is 9.95. The van der Waals surface area contributed by atoms with Gasteiger partial charge < -0.3 is 15.2 Å². The van der Waals surface area contributed by atoms with Crippen molar-refractivity contribution in [1.82, 2.24) is 14.5 Å². The van der Waals surface area contributed by atoms with Gasteiger partial charge in [-0.25, -0.2) is 4.98 Å². The van der Waals surface area contributed by atoms with Crippen LogP contribution in [0.1, 0.15) is 25.3 Å². The minimum atomic E-state index is 0.316. The van der Waals surface area contributed by atoms with E-state index in [1.54, 1.807) is 0 Å². The van der Waals surface area contributed by atoms with E-state index in [1.807, 2.05) is 12.1 Å². The Morgan fingerprint density at radius 2 is 2.00 bits per heavy atom. The smallest absolute Gasteiger partial charge is 0.201 e. The molecule has 2 N–H and O–H groups in total. The van der Waals surface area contributed by atoms with Gasteiger partial charge in [0.15, 0.2) is 0 Å². The van der Waals surface area contributed by atoms with Crippen molar-refractivity contribution in [2.45, 2.75) is 33.2 Å². The molecule has 2 aromatic rings. The van der Waals surface area contributed by atoms with Gasteiger partial charge in [0, 0.05) is 6.54 Å². The van der Waals surface area contributed by atoms with Crippen molar-refractivity contribution in [3.63, 3.8) is 0 Å². The lowest BCUT2D eigenvalue weighted by molar-refractivity contribution is 0.122. The van der Waals surface area contributed by atoms with Gasteiger partial charge in [-0.3, -0.25) is 0 Å². The SMILES string of the molecule is Cc1cccc2nc(N)n(CC3(C)CCN(C)CC3)c12. The van der Waals surface area contributed by atoms with E-state index in [0.717, 1.165) is 12.1 Å². The summed E-state index contributed by atoms with van der Waals surface area (Å²) < 4.78 is 2.22. The lowest BCUT2D eigenvalue weighted by atomic mass is 9.80. The summed E-state index contributed by atoms with van der Waals surface area (Å²) in [6.07, 6.45) is 2.43. The van der Waals surface area contributed by atoms with E-state index in [4.69, 9.17) is 5.73 Å². The fraction of sp³-hybridized carbons (Fsp3) is 0.562. The number of hydrogen-bond acceptors (Lipinski definition) is 3. The minimum Gasteiger partial charge on any atom is -0.369 e. The van der Waals surface area contributed by atoms with Crippen LogP contribution in [-0.4, -0.2) is 34.6 Å². The van der Waals surface area contributed by atoms with Crippen LogP contribution in [-0.2, 0) is 6.54 Å².